The Hall–Kier alpha value is -1.75. The van der Waals surface area contributed by atoms with Crippen LogP contribution in [0.15, 0.2) is 24.3 Å². The molecule has 6 heteroatoms. The van der Waals surface area contributed by atoms with E-state index in [0.29, 0.717) is 13.1 Å². The molecule has 1 heterocycles. The Balaban J connectivity index is 1.23. The van der Waals surface area contributed by atoms with E-state index in [1.807, 2.05) is 43.0 Å². The Bertz CT molecular complexity index is 842. The van der Waals surface area contributed by atoms with Crippen molar-refractivity contribution in [3.05, 3.63) is 29.3 Å². The van der Waals surface area contributed by atoms with Crippen LogP contribution in [0.1, 0.15) is 52.4 Å². The average Bonchev–Trinajstić information content (AvgIpc) is 2.76. The summed E-state index contributed by atoms with van der Waals surface area (Å²) in [5.74, 6) is 2.45. The van der Waals surface area contributed by atoms with E-state index < -0.39 is 6.04 Å². The molecule has 1 aromatic rings. The van der Waals surface area contributed by atoms with E-state index in [2.05, 4.69) is 10.2 Å². The molecule has 1 aliphatic heterocycles. The van der Waals surface area contributed by atoms with Crippen LogP contribution in [0.25, 0.3) is 0 Å². The zero-order valence-corrected chi connectivity index (χ0v) is 20.1. The number of hydrogen-bond donors (Lipinski definition) is 1. The summed E-state index contributed by atoms with van der Waals surface area (Å²) in [5.41, 5.74) is 0.807. The highest BCUT2D eigenvalue weighted by atomic mass is 35.5. The molecule has 1 saturated heterocycles. The molecule has 4 saturated carbocycles. The summed E-state index contributed by atoms with van der Waals surface area (Å²) in [7, 11) is 0. The zero-order chi connectivity index (χ0) is 22.5. The lowest BCUT2D eigenvalue weighted by Gasteiger charge is -2.56. The lowest BCUT2D eigenvalue weighted by atomic mass is 9.49. The molecule has 0 radical (unpaired) electrons. The number of nitrogens with zero attached hydrogens (tertiary/aromatic N) is 2. The molecular weight excluding hydrogens is 422 g/mol. The molecule has 2 amide bonds. The van der Waals surface area contributed by atoms with E-state index in [0.717, 1.165) is 60.8 Å². The van der Waals surface area contributed by atoms with Gasteiger partial charge in [-0.1, -0.05) is 37.6 Å². The second kappa shape index (κ2) is 8.55. The number of amides is 2. The molecule has 4 bridgehead atoms. The Morgan fingerprint density at radius 2 is 1.53 bits per heavy atom. The van der Waals surface area contributed by atoms with Gasteiger partial charge in [0.25, 0.3) is 0 Å². The van der Waals surface area contributed by atoms with Crippen molar-refractivity contribution >= 4 is 29.1 Å². The molecule has 174 valence electrons. The molecule has 1 atom stereocenters. The van der Waals surface area contributed by atoms with Gasteiger partial charge in [-0.3, -0.25) is 9.59 Å². The van der Waals surface area contributed by atoms with Crippen LogP contribution in [0.3, 0.4) is 0 Å². The Labute approximate surface area is 196 Å². The number of halogens is 1. The third-order valence-corrected chi connectivity index (χ3v) is 8.84. The van der Waals surface area contributed by atoms with Crippen molar-refractivity contribution in [3.8, 4) is 0 Å². The summed E-state index contributed by atoms with van der Waals surface area (Å²) in [6.07, 6.45) is 7.03. The number of rotatable bonds is 5. The van der Waals surface area contributed by atoms with Gasteiger partial charge < -0.3 is 15.1 Å². The Kier molecular flexibility index (Phi) is 5.90. The topological polar surface area (TPSA) is 52.7 Å². The maximum Gasteiger partial charge on any atom is 0.245 e. The SMILES string of the molecule is CC(C)C(NC(=O)C12CC3CC(CC(C3)C1)C2)C(=O)N1CCN(c2ccccc2Cl)CC1. The average molecular weight is 458 g/mol. The molecule has 5 nitrogen and oxygen atoms in total. The van der Waals surface area contributed by atoms with Crippen molar-refractivity contribution < 1.29 is 9.59 Å². The summed E-state index contributed by atoms with van der Waals surface area (Å²) in [5, 5.41) is 4.00. The number of anilines is 1. The maximum atomic E-state index is 13.6. The lowest BCUT2D eigenvalue weighted by molar-refractivity contribution is -0.150. The minimum Gasteiger partial charge on any atom is -0.367 e. The highest BCUT2D eigenvalue weighted by molar-refractivity contribution is 6.33. The van der Waals surface area contributed by atoms with Gasteiger partial charge in [0.15, 0.2) is 0 Å². The minimum absolute atomic E-state index is 0.0666. The number of para-hydroxylation sites is 1. The van der Waals surface area contributed by atoms with Crippen LogP contribution in [-0.2, 0) is 9.59 Å². The van der Waals surface area contributed by atoms with Gasteiger partial charge in [-0.05, 0) is 74.3 Å². The number of carbonyl (C=O) groups excluding carboxylic acids is 2. The summed E-state index contributed by atoms with van der Waals surface area (Å²) in [4.78, 5) is 31.2. The van der Waals surface area contributed by atoms with Gasteiger partial charge in [-0.2, -0.15) is 0 Å². The third-order valence-electron chi connectivity index (χ3n) is 8.52. The van der Waals surface area contributed by atoms with Crippen LogP contribution >= 0.6 is 11.6 Å². The molecule has 4 aliphatic carbocycles. The minimum atomic E-state index is -0.442. The summed E-state index contributed by atoms with van der Waals surface area (Å²) >= 11 is 6.37. The van der Waals surface area contributed by atoms with E-state index in [9.17, 15) is 9.59 Å². The molecule has 0 spiro atoms. The maximum absolute atomic E-state index is 13.6. The van der Waals surface area contributed by atoms with Crippen LogP contribution in [-0.4, -0.2) is 48.9 Å². The van der Waals surface area contributed by atoms with Gasteiger partial charge in [-0.25, -0.2) is 0 Å². The smallest absolute Gasteiger partial charge is 0.245 e. The van der Waals surface area contributed by atoms with Crippen molar-refractivity contribution in [1.82, 2.24) is 10.2 Å². The molecule has 1 N–H and O–H groups in total. The number of piperazine rings is 1. The molecule has 5 aliphatic rings. The van der Waals surface area contributed by atoms with Crippen molar-refractivity contribution in [2.75, 3.05) is 31.1 Å². The number of benzene rings is 1. The highest BCUT2D eigenvalue weighted by Gasteiger charge is 2.55. The molecule has 1 unspecified atom stereocenters. The van der Waals surface area contributed by atoms with E-state index >= 15 is 0 Å². The standard InChI is InChI=1S/C26H36ClN3O2/c1-17(2)23(28-25(32)26-14-18-11-19(15-26)13-20(12-18)16-26)24(31)30-9-7-29(8-10-30)22-6-4-3-5-21(22)27/h3-6,17-20,23H,7-16H2,1-2H3,(H,28,32). The molecular formula is C26H36ClN3O2. The number of hydrogen-bond acceptors (Lipinski definition) is 3. The normalized spacial score (nSPS) is 32.3. The van der Waals surface area contributed by atoms with Crippen molar-refractivity contribution in [2.24, 2.45) is 29.1 Å². The predicted octanol–water partition coefficient (Wildman–Crippen LogP) is 4.35. The van der Waals surface area contributed by atoms with Crippen LogP contribution in [0, 0.1) is 29.1 Å². The fourth-order valence-corrected chi connectivity index (χ4v) is 7.52. The van der Waals surface area contributed by atoms with Gasteiger partial charge in [-0.15, -0.1) is 0 Å². The first-order valence-corrected chi connectivity index (χ1v) is 12.8. The van der Waals surface area contributed by atoms with Gasteiger partial charge in [0, 0.05) is 31.6 Å². The van der Waals surface area contributed by atoms with Crippen LogP contribution in [0.2, 0.25) is 5.02 Å². The predicted molar refractivity (Wildman–Crippen MR) is 128 cm³/mol. The second-order valence-corrected chi connectivity index (χ2v) is 11.6. The van der Waals surface area contributed by atoms with Gasteiger partial charge in [0.2, 0.25) is 11.8 Å². The summed E-state index contributed by atoms with van der Waals surface area (Å²) in [6, 6.07) is 7.42. The molecule has 0 aromatic heterocycles. The first kappa shape index (κ1) is 22.1. The van der Waals surface area contributed by atoms with E-state index in [-0.39, 0.29) is 23.1 Å². The van der Waals surface area contributed by atoms with Crippen molar-refractivity contribution in [2.45, 2.75) is 58.4 Å². The van der Waals surface area contributed by atoms with Crippen LogP contribution in [0.4, 0.5) is 5.69 Å². The van der Waals surface area contributed by atoms with Crippen molar-refractivity contribution in [3.63, 3.8) is 0 Å². The molecule has 5 fully saturated rings. The summed E-state index contributed by atoms with van der Waals surface area (Å²) in [6.45, 7) is 6.90. The molecule has 32 heavy (non-hydrogen) atoms. The van der Waals surface area contributed by atoms with Gasteiger partial charge >= 0.3 is 0 Å². The lowest BCUT2D eigenvalue weighted by Crippen LogP contribution is -2.60. The van der Waals surface area contributed by atoms with Crippen LogP contribution < -0.4 is 10.2 Å². The Morgan fingerprint density at radius 1 is 0.969 bits per heavy atom. The first-order valence-electron chi connectivity index (χ1n) is 12.4. The molecule has 6 rings (SSSR count). The fourth-order valence-electron chi connectivity index (χ4n) is 7.27. The van der Waals surface area contributed by atoms with Crippen LogP contribution in [0.5, 0.6) is 0 Å². The first-order chi connectivity index (χ1) is 15.3. The number of nitrogens with one attached hydrogen (secondary N) is 1. The summed E-state index contributed by atoms with van der Waals surface area (Å²) < 4.78 is 0. The second-order valence-electron chi connectivity index (χ2n) is 11.2. The molecule has 1 aromatic carbocycles. The van der Waals surface area contributed by atoms with E-state index in [1.54, 1.807) is 0 Å². The van der Waals surface area contributed by atoms with E-state index in [4.69, 9.17) is 11.6 Å². The monoisotopic (exact) mass is 457 g/mol. The zero-order valence-electron chi connectivity index (χ0n) is 19.4. The highest BCUT2D eigenvalue weighted by Crippen LogP contribution is 2.60. The fraction of sp³-hybridized carbons (Fsp3) is 0.692. The Morgan fingerprint density at radius 3 is 2.06 bits per heavy atom. The quantitative estimate of drug-likeness (QED) is 0.715. The van der Waals surface area contributed by atoms with E-state index in [1.165, 1.54) is 19.3 Å². The van der Waals surface area contributed by atoms with Gasteiger partial charge in [0.1, 0.15) is 6.04 Å². The largest absolute Gasteiger partial charge is 0.367 e. The van der Waals surface area contributed by atoms with Crippen molar-refractivity contribution in [1.29, 1.82) is 0 Å². The van der Waals surface area contributed by atoms with Gasteiger partial charge in [0.05, 0.1) is 10.7 Å². The number of carbonyl (C=O) groups is 2. The third kappa shape index (κ3) is 4.02.